The maximum absolute atomic E-state index is 11.5. The van der Waals surface area contributed by atoms with Crippen molar-refractivity contribution in [2.45, 2.75) is 38.8 Å². The average Bonchev–Trinajstić information content (AvgIpc) is 3.06. The number of carbonyl (C=O) groups is 1. The first-order valence-electron chi connectivity index (χ1n) is 7.77. The number of nitrogens with two attached hydrogens (primary N) is 1. The Morgan fingerprint density at radius 1 is 1.43 bits per heavy atom. The third kappa shape index (κ3) is 2.96. The molecule has 122 valence electrons. The summed E-state index contributed by atoms with van der Waals surface area (Å²) in [4.78, 5) is 22.9. The molecule has 0 radical (unpaired) electrons. The van der Waals surface area contributed by atoms with E-state index in [1.54, 1.807) is 10.7 Å². The van der Waals surface area contributed by atoms with Gasteiger partial charge in [-0.05, 0) is 39.3 Å². The highest BCUT2D eigenvalue weighted by Gasteiger charge is 2.41. The molecule has 7 heteroatoms. The molecular formula is C16H22N6O. The number of likely N-dealkylation sites (tertiary alicyclic amines) is 1. The van der Waals surface area contributed by atoms with Crippen LogP contribution in [0.3, 0.4) is 0 Å². The van der Waals surface area contributed by atoms with Gasteiger partial charge in [-0.2, -0.15) is 5.10 Å². The van der Waals surface area contributed by atoms with Gasteiger partial charge in [0, 0.05) is 31.0 Å². The zero-order valence-electron chi connectivity index (χ0n) is 13.8. The van der Waals surface area contributed by atoms with Gasteiger partial charge in [-0.25, -0.2) is 9.97 Å². The number of hydrogen-bond donors (Lipinski definition) is 1. The van der Waals surface area contributed by atoms with Crippen molar-refractivity contribution in [1.82, 2.24) is 24.6 Å². The van der Waals surface area contributed by atoms with E-state index in [4.69, 9.17) is 5.73 Å². The molecule has 1 aliphatic heterocycles. The van der Waals surface area contributed by atoms with Crippen LogP contribution in [0.1, 0.15) is 47.3 Å². The van der Waals surface area contributed by atoms with Crippen LogP contribution in [-0.2, 0) is 19.1 Å². The van der Waals surface area contributed by atoms with Gasteiger partial charge >= 0.3 is 0 Å². The Labute approximate surface area is 135 Å². The number of nitrogens with zero attached hydrogens (tertiary/aromatic N) is 5. The summed E-state index contributed by atoms with van der Waals surface area (Å²) in [6.45, 7) is 5.75. The van der Waals surface area contributed by atoms with E-state index in [1.807, 2.05) is 26.4 Å². The molecule has 0 saturated carbocycles. The highest BCUT2D eigenvalue weighted by molar-refractivity contribution is 5.90. The van der Waals surface area contributed by atoms with E-state index in [1.165, 1.54) is 0 Å². The lowest BCUT2D eigenvalue weighted by Crippen LogP contribution is -2.40. The van der Waals surface area contributed by atoms with Crippen molar-refractivity contribution in [3.8, 4) is 0 Å². The average molecular weight is 314 g/mol. The van der Waals surface area contributed by atoms with Crippen molar-refractivity contribution in [2.75, 3.05) is 6.54 Å². The van der Waals surface area contributed by atoms with E-state index in [0.717, 1.165) is 37.2 Å². The van der Waals surface area contributed by atoms with Crippen LogP contribution in [0, 0.1) is 6.92 Å². The molecule has 0 spiro atoms. The summed E-state index contributed by atoms with van der Waals surface area (Å²) in [5.74, 6) is 0.157. The van der Waals surface area contributed by atoms with Crippen LogP contribution in [0.2, 0.25) is 0 Å². The van der Waals surface area contributed by atoms with Crippen molar-refractivity contribution >= 4 is 5.91 Å². The van der Waals surface area contributed by atoms with E-state index in [0.29, 0.717) is 5.82 Å². The second kappa shape index (κ2) is 5.73. The SMILES string of the molecule is Cc1cc(C(N)=O)nc([C@]2(C)CCCN2Cc2cnn(C)c2)n1. The Morgan fingerprint density at radius 2 is 2.22 bits per heavy atom. The molecule has 0 unspecified atom stereocenters. The number of carbonyl (C=O) groups excluding carboxylic acids is 1. The third-order valence-electron chi connectivity index (χ3n) is 4.51. The van der Waals surface area contributed by atoms with E-state index in [-0.39, 0.29) is 11.2 Å². The molecule has 2 N–H and O–H groups in total. The van der Waals surface area contributed by atoms with Gasteiger partial charge in [0.1, 0.15) is 11.5 Å². The smallest absolute Gasteiger partial charge is 0.267 e. The number of primary amides is 1. The zero-order valence-corrected chi connectivity index (χ0v) is 13.8. The first-order chi connectivity index (χ1) is 10.9. The Morgan fingerprint density at radius 3 is 2.87 bits per heavy atom. The van der Waals surface area contributed by atoms with Crippen LogP contribution in [-0.4, -0.2) is 37.1 Å². The molecule has 3 rings (SSSR count). The fourth-order valence-electron chi connectivity index (χ4n) is 3.24. The van der Waals surface area contributed by atoms with E-state index >= 15 is 0 Å². The minimum Gasteiger partial charge on any atom is -0.364 e. The molecule has 1 aliphatic rings. The molecule has 0 aromatic carbocycles. The summed E-state index contributed by atoms with van der Waals surface area (Å²) >= 11 is 0. The van der Waals surface area contributed by atoms with E-state index in [2.05, 4.69) is 26.9 Å². The summed E-state index contributed by atoms with van der Waals surface area (Å²) in [6.07, 6.45) is 5.92. The molecule has 23 heavy (non-hydrogen) atoms. The summed E-state index contributed by atoms with van der Waals surface area (Å²) in [5.41, 5.74) is 7.30. The van der Waals surface area contributed by atoms with Gasteiger partial charge in [-0.15, -0.1) is 0 Å². The van der Waals surface area contributed by atoms with Gasteiger partial charge in [-0.1, -0.05) is 0 Å². The number of hydrogen-bond acceptors (Lipinski definition) is 5. The van der Waals surface area contributed by atoms with Gasteiger partial charge in [0.25, 0.3) is 5.91 Å². The van der Waals surface area contributed by atoms with Crippen LogP contribution >= 0.6 is 0 Å². The monoisotopic (exact) mass is 314 g/mol. The van der Waals surface area contributed by atoms with Crippen molar-refractivity contribution in [1.29, 1.82) is 0 Å². The molecular weight excluding hydrogens is 292 g/mol. The topological polar surface area (TPSA) is 89.9 Å². The fraction of sp³-hybridized carbons (Fsp3) is 0.500. The molecule has 2 aromatic rings. The van der Waals surface area contributed by atoms with E-state index in [9.17, 15) is 4.79 Å². The second-order valence-electron chi connectivity index (χ2n) is 6.40. The molecule has 0 bridgehead atoms. The van der Waals surface area contributed by atoms with Gasteiger partial charge in [0.2, 0.25) is 0 Å². The summed E-state index contributed by atoms with van der Waals surface area (Å²) in [5, 5.41) is 4.23. The van der Waals surface area contributed by atoms with Crippen molar-refractivity contribution in [2.24, 2.45) is 12.8 Å². The molecule has 1 amide bonds. The molecule has 0 aliphatic carbocycles. The van der Waals surface area contributed by atoms with Crippen LogP contribution in [0.25, 0.3) is 0 Å². The molecule has 3 heterocycles. The summed E-state index contributed by atoms with van der Waals surface area (Å²) in [6, 6.07) is 1.63. The predicted molar refractivity (Wildman–Crippen MR) is 85.5 cm³/mol. The maximum Gasteiger partial charge on any atom is 0.267 e. The van der Waals surface area contributed by atoms with Gasteiger partial charge in [-0.3, -0.25) is 14.4 Å². The minimum absolute atomic E-state index is 0.280. The highest BCUT2D eigenvalue weighted by Crippen LogP contribution is 2.37. The lowest BCUT2D eigenvalue weighted by molar-refractivity contribution is 0.0991. The first kappa shape index (κ1) is 15.6. The number of rotatable bonds is 4. The lowest BCUT2D eigenvalue weighted by atomic mass is 9.97. The number of aromatic nitrogens is 4. The quantitative estimate of drug-likeness (QED) is 0.913. The minimum atomic E-state index is -0.517. The van der Waals surface area contributed by atoms with Crippen molar-refractivity contribution < 1.29 is 4.79 Å². The van der Waals surface area contributed by atoms with Crippen LogP contribution in [0.5, 0.6) is 0 Å². The Kier molecular flexibility index (Phi) is 3.89. The molecule has 7 nitrogen and oxygen atoms in total. The van der Waals surface area contributed by atoms with Crippen LogP contribution in [0.4, 0.5) is 0 Å². The second-order valence-corrected chi connectivity index (χ2v) is 6.40. The Balaban J connectivity index is 1.94. The maximum atomic E-state index is 11.5. The van der Waals surface area contributed by atoms with Gasteiger partial charge in [0.15, 0.2) is 0 Å². The molecule has 1 atom stereocenters. The van der Waals surface area contributed by atoms with E-state index < -0.39 is 5.91 Å². The third-order valence-corrected chi connectivity index (χ3v) is 4.51. The summed E-state index contributed by atoms with van der Waals surface area (Å²) < 4.78 is 1.80. The van der Waals surface area contributed by atoms with Crippen molar-refractivity contribution in [3.05, 3.63) is 41.2 Å². The standard InChI is InChI=1S/C16H22N6O/c1-11-7-13(14(17)23)20-15(19-11)16(2)5-4-6-22(16)10-12-8-18-21(3)9-12/h7-9H,4-6,10H2,1-3H3,(H2,17,23)/t16-/m0/s1. The summed E-state index contributed by atoms with van der Waals surface area (Å²) in [7, 11) is 1.91. The number of aryl methyl sites for hydroxylation is 2. The van der Waals surface area contributed by atoms with Gasteiger partial charge < -0.3 is 5.73 Å². The zero-order chi connectivity index (χ0) is 16.6. The fourth-order valence-corrected chi connectivity index (χ4v) is 3.24. The molecule has 2 aromatic heterocycles. The highest BCUT2D eigenvalue weighted by atomic mass is 16.1. The lowest BCUT2D eigenvalue weighted by Gasteiger charge is -2.33. The molecule has 1 fully saturated rings. The Hall–Kier alpha value is -2.28. The normalized spacial score (nSPS) is 21.7. The van der Waals surface area contributed by atoms with Gasteiger partial charge in [0.05, 0.1) is 11.7 Å². The molecule has 1 saturated heterocycles. The van der Waals surface area contributed by atoms with Crippen LogP contribution < -0.4 is 5.73 Å². The Bertz CT molecular complexity index is 740. The predicted octanol–water partition coefficient (Wildman–Crippen LogP) is 1.13. The van der Waals surface area contributed by atoms with Crippen molar-refractivity contribution in [3.63, 3.8) is 0 Å². The largest absolute Gasteiger partial charge is 0.364 e. The van der Waals surface area contributed by atoms with Crippen LogP contribution in [0.15, 0.2) is 18.5 Å². The first-order valence-corrected chi connectivity index (χ1v) is 7.77. The number of amides is 1.